The fourth-order valence-corrected chi connectivity index (χ4v) is 2.48. The van der Waals surface area contributed by atoms with E-state index in [1.807, 2.05) is 0 Å². The highest BCUT2D eigenvalue weighted by molar-refractivity contribution is 7.71. The standard InChI is InChI=1S/C17H13ClF2N4O4S/c1-26-14(25)13-7-6-12(28-13)9-27-11-4-2-10(3-5-11)8-21-24-15(17(18,19)20)22-23-16(24)29/h2-8H,9H2,1H3,(H,23,29)/b21-8+. The molecule has 0 aliphatic heterocycles. The molecule has 0 aliphatic carbocycles. The molecule has 0 saturated heterocycles. The predicted octanol–water partition coefficient (Wildman–Crippen LogP) is 4.07. The fourth-order valence-electron chi connectivity index (χ4n) is 2.18. The number of aromatic amines is 1. The number of nitrogens with zero attached hydrogens (tertiary/aromatic N) is 3. The third-order valence-electron chi connectivity index (χ3n) is 3.54. The lowest BCUT2D eigenvalue weighted by Gasteiger charge is -2.06. The van der Waals surface area contributed by atoms with Gasteiger partial charge in [0.15, 0.2) is 0 Å². The summed E-state index contributed by atoms with van der Waals surface area (Å²) in [6, 6.07) is 9.70. The van der Waals surface area contributed by atoms with Gasteiger partial charge in [0, 0.05) is 0 Å². The maximum absolute atomic E-state index is 13.3. The van der Waals surface area contributed by atoms with Crippen LogP contribution in [0.5, 0.6) is 5.75 Å². The topological polar surface area (TPSA) is 94.6 Å². The minimum absolute atomic E-state index is 0.0809. The van der Waals surface area contributed by atoms with Crippen molar-refractivity contribution in [3.63, 3.8) is 0 Å². The number of benzene rings is 1. The zero-order valence-electron chi connectivity index (χ0n) is 14.8. The lowest BCUT2D eigenvalue weighted by Crippen LogP contribution is -2.11. The molecule has 2 heterocycles. The molecule has 29 heavy (non-hydrogen) atoms. The molecule has 8 nitrogen and oxygen atoms in total. The van der Waals surface area contributed by atoms with Gasteiger partial charge in [-0.15, -0.1) is 5.10 Å². The Kier molecular flexibility index (Phi) is 6.09. The molecular weight excluding hydrogens is 430 g/mol. The molecule has 0 bridgehead atoms. The van der Waals surface area contributed by atoms with Gasteiger partial charge in [-0.05, 0) is 65.8 Å². The lowest BCUT2D eigenvalue weighted by atomic mass is 10.2. The van der Waals surface area contributed by atoms with Gasteiger partial charge in [0.05, 0.1) is 13.3 Å². The van der Waals surface area contributed by atoms with Crippen molar-refractivity contribution in [2.24, 2.45) is 5.10 Å². The molecule has 0 fully saturated rings. The molecule has 0 aliphatic rings. The second kappa shape index (κ2) is 8.53. The Bertz CT molecular complexity index is 1090. The van der Waals surface area contributed by atoms with Gasteiger partial charge in [-0.3, -0.25) is 0 Å². The molecule has 1 aromatic carbocycles. The summed E-state index contributed by atoms with van der Waals surface area (Å²) in [5.41, 5.74) is 0.593. The van der Waals surface area contributed by atoms with E-state index in [0.29, 0.717) is 17.1 Å². The van der Waals surface area contributed by atoms with Gasteiger partial charge in [-0.1, -0.05) is 0 Å². The maximum atomic E-state index is 13.3. The van der Waals surface area contributed by atoms with Crippen LogP contribution < -0.4 is 4.74 Å². The molecule has 0 atom stereocenters. The quantitative estimate of drug-likeness (QED) is 0.256. The molecule has 0 radical (unpaired) electrons. The number of aromatic nitrogens is 3. The number of carbonyl (C=O) groups excluding carboxylic acids is 1. The minimum Gasteiger partial charge on any atom is -0.486 e. The number of esters is 1. The zero-order valence-corrected chi connectivity index (χ0v) is 16.3. The van der Waals surface area contributed by atoms with Crippen molar-refractivity contribution in [1.82, 2.24) is 14.9 Å². The number of ether oxygens (including phenoxy) is 2. The highest BCUT2D eigenvalue weighted by atomic mass is 35.5. The van der Waals surface area contributed by atoms with Crippen molar-refractivity contribution >= 4 is 36.0 Å². The summed E-state index contributed by atoms with van der Waals surface area (Å²) in [5.74, 6) is -0.346. The number of H-pyrrole nitrogens is 1. The zero-order chi connectivity index (χ0) is 21.0. The second-order valence-corrected chi connectivity index (χ2v) is 6.38. The van der Waals surface area contributed by atoms with Crippen molar-refractivity contribution in [1.29, 1.82) is 0 Å². The predicted molar refractivity (Wildman–Crippen MR) is 101 cm³/mol. The fraction of sp³-hybridized carbons (Fsp3) is 0.176. The highest BCUT2D eigenvalue weighted by Crippen LogP contribution is 2.30. The summed E-state index contributed by atoms with van der Waals surface area (Å²) < 4.78 is 42.6. The first-order valence-electron chi connectivity index (χ1n) is 7.97. The van der Waals surface area contributed by atoms with Gasteiger partial charge in [0.1, 0.15) is 18.1 Å². The van der Waals surface area contributed by atoms with Gasteiger partial charge in [0.25, 0.3) is 0 Å². The van der Waals surface area contributed by atoms with Crippen molar-refractivity contribution in [3.05, 3.63) is 64.1 Å². The Morgan fingerprint density at radius 2 is 2.10 bits per heavy atom. The number of furan rings is 1. The number of carbonyl (C=O) groups is 1. The highest BCUT2D eigenvalue weighted by Gasteiger charge is 2.35. The second-order valence-electron chi connectivity index (χ2n) is 5.52. The molecule has 1 N–H and O–H groups in total. The maximum Gasteiger partial charge on any atom is 0.383 e. The van der Waals surface area contributed by atoms with Crippen LogP contribution >= 0.6 is 23.8 Å². The van der Waals surface area contributed by atoms with E-state index in [0.717, 1.165) is 4.68 Å². The molecule has 0 amide bonds. The Balaban J connectivity index is 1.64. The molecule has 0 unspecified atom stereocenters. The van der Waals surface area contributed by atoms with E-state index in [9.17, 15) is 13.6 Å². The third kappa shape index (κ3) is 5.06. The molecule has 12 heteroatoms. The largest absolute Gasteiger partial charge is 0.486 e. The van der Waals surface area contributed by atoms with Crippen molar-refractivity contribution in [3.8, 4) is 5.75 Å². The minimum atomic E-state index is -3.72. The molecule has 3 rings (SSSR count). The first-order chi connectivity index (χ1) is 13.8. The monoisotopic (exact) mass is 442 g/mol. The van der Waals surface area contributed by atoms with Gasteiger partial charge < -0.3 is 13.9 Å². The molecule has 152 valence electrons. The molecule has 0 saturated carbocycles. The summed E-state index contributed by atoms with van der Waals surface area (Å²) in [6.45, 7) is 0.1000. The first-order valence-corrected chi connectivity index (χ1v) is 8.75. The van der Waals surface area contributed by atoms with Gasteiger partial charge in [-0.25, -0.2) is 9.89 Å². The van der Waals surface area contributed by atoms with E-state index >= 15 is 0 Å². The van der Waals surface area contributed by atoms with Crippen molar-refractivity contribution < 1.29 is 27.5 Å². The van der Waals surface area contributed by atoms with Gasteiger partial charge in [0.2, 0.25) is 16.4 Å². The van der Waals surface area contributed by atoms with Crippen LogP contribution in [0.4, 0.5) is 8.78 Å². The van der Waals surface area contributed by atoms with E-state index in [2.05, 4.69) is 20.0 Å². The SMILES string of the molecule is COC(=O)c1ccc(COc2ccc(/C=N/n3c(C(F)(F)Cl)n[nH]c3=S)cc2)o1. The van der Waals surface area contributed by atoms with Crippen LogP contribution in [-0.2, 0) is 16.7 Å². The average Bonchev–Trinajstić information content (AvgIpc) is 3.31. The molecular formula is C17H13ClF2N4O4S. The Morgan fingerprint density at radius 1 is 1.38 bits per heavy atom. The van der Waals surface area contributed by atoms with Gasteiger partial charge >= 0.3 is 11.4 Å². The Labute approximate surface area is 172 Å². The summed E-state index contributed by atoms with van der Waals surface area (Å²) in [5, 5.41) is 5.75. The number of hydrogen-bond donors (Lipinski definition) is 1. The van der Waals surface area contributed by atoms with E-state index in [1.165, 1.54) is 19.4 Å². The number of alkyl halides is 3. The van der Waals surface area contributed by atoms with Crippen LogP contribution in [0.15, 0.2) is 45.9 Å². The number of methoxy groups -OCH3 is 1. The van der Waals surface area contributed by atoms with E-state index in [-0.39, 0.29) is 17.1 Å². The lowest BCUT2D eigenvalue weighted by molar-refractivity contribution is 0.0560. The van der Waals surface area contributed by atoms with Crippen LogP contribution in [0.25, 0.3) is 0 Å². The van der Waals surface area contributed by atoms with E-state index < -0.39 is 17.2 Å². The number of nitrogens with one attached hydrogen (secondary N) is 1. The summed E-state index contributed by atoms with van der Waals surface area (Å²) >= 11 is 9.85. The Hall–Kier alpha value is -3.05. The first kappa shape index (κ1) is 20.7. The molecule has 3 aromatic rings. The smallest absolute Gasteiger partial charge is 0.383 e. The number of hydrogen-bond acceptors (Lipinski definition) is 7. The summed E-state index contributed by atoms with van der Waals surface area (Å²) in [7, 11) is 1.26. The van der Waals surface area contributed by atoms with Crippen LogP contribution in [-0.4, -0.2) is 34.2 Å². The van der Waals surface area contributed by atoms with Crippen molar-refractivity contribution in [2.75, 3.05) is 7.11 Å². The molecule has 2 aromatic heterocycles. The average molecular weight is 443 g/mol. The Morgan fingerprint density at radius 3 is 2.76 bits per heavy atom. The van der Waals surface area contributed by atoms with Crippen LogP contribution in [0.2, 0.25) is 0 Å². The van der Waals surface area contributed by atoms with Crippen molar-refractivity contribution in [2.45, 2.75) is 12.0 Å². The third-order valence-corrected chi connectivity index (χ3v) is 3.97. The summed E-state index contributed by atoms with van der Waals surface area (Å²) in [6.07, 6.45) is 1.32. The van der Waals surface area contributed by atoms with E-state index in [1.54, 1.807) is 30.3 Å². The van der Waals surface area contributed by atoms with E-state index in [4.69, 9.17) is 33.0 Å². The summed E-state index contributed by atoms with van der Waals surface area (Å²) in [4.78, 5) is 11.4. The van der Waals surface area contributed by atoms with Crippen LogP contribution in [0, 0.1) is 4.77 Å². The molecule has 0 spiro atoms. The number of rotatable bonds is 7. The van der Waals surface area contributed by atoms with Crippen LogP contribution in [0.3, 0.4) is 0 Å². The number of halogens is 3. The normalized spacial score (nSPS) is 11.7. The van der Waals surface area contributed by atoms with Gasteiger partial charge in [-0.2, -0.15) is 18.6 Å². The van der Waals surface area contributed by atoms with Crippen LogP contribution in [0.1, 0.15) is 27.7 Å².